The number of nitrogens with two attached hydrogens (primary N) is 1. The number of aliphatic hydroxyl groups is 1. The molecule has 0 atom stereocenters. The van der Waals surface area contributed by atoms with Crippen molar-refractivity contribution in [3.8, 4) is 16.9 Å². The third-order valence-corrected chi connectivity index (χ3v) is 4.64. The zero-order valence-electron chi connectivity index (χ0n) is 15.5. The van der Waals surface area contributed by atoms with E-state index in [9.17, 15) is 5.11 Å². The van der Waals surface area contributed by atoms with Crippen molar-refractivity contribution in [1.29, 1.82) is 0 Å². The molecule has 0 radical (unpaired) electrons. The molecule has 2 aromatic carbocycles. The van der Waals surface area contributed by atoms with E-state index in [0.29, 0.717) is 25.3 Å². The van der Waals surface area contributed by atoms with Gasteiger partial charge in [-0.05, 0) is 42.2 Å². The van der Waals surface area contributed by atoms with Crippen molar-refractivity contribution in [3.63, 3.8) is 0 Å². The Kier molecular flexibility index (Phi) is 5.21. The number of hydrogen-bond acceptors (Lipinski definition) is 5. The van der Waals surface area contributed by atoms with Crippen molar-refractivity contribution in [1.82, 2.24) is 14.6 Å². The second-order valence-electron chi connectivity index (χ2n) is 6.58. The number of nitrogens with zero attached hydrogens (tertiary/aromatic N) is 3. The number of aryl methyl sites for hydroxylation is 1. The molecule has 0 bridgehead atoms. The zero-order valence-corrected chi connectivity index (χ0v) is 15.5. The maximum Gasteiger partial charge on any atom is 0.151 e. The van der Waals surface area contributed by atoms with Crippen LogP contribution in [0.2, 0.25) is 0 Å². The summed E-state index contributed by atoms with van der Waals surface area (Å²) in [6, 6.07) is 20.1. The van der Waals surface area contributed by atoms with Gasteiger partial charge in [0.25, 0.3) is 0 Å². The van der Waals surface area contributed by atoms with Crippen molar-refractivity contribution in [3.05, 3.63) is 78.2 Å². The lowest BCUT2D eigenvalue weighted by Crippen LogP contribution is -2.03. The fourth-order valence-electron chi connectivity index (χ4n) is 3.29. The molecule has 0 unspecified atom stereocenters. The first-order valence-electron chi connectivity index (χ1n) is 9.25. The number of nitrogen functional groups attached to an aromatic ring is 1. The number of rotatable bonds is 7. The Hall–Kier alpha value is -3.38. The maximum atomic E-state index is 9.18. The van der Waals surface area contributed by atoms with Gasteiger partial charge in [0.15, 0.2) is 5.82 Å². The van der Waals surface area contributed by atoms with Crippen LogP contribution in [0.15, 0.2) is 67.0 Å². The highest BCUT2D eigenvalue weighted by molar-refractivity contribution is 5.88. The van der Waals surface area contributed by atoms with Crippen LogP contribution in [0.5, 0.6) is 5.75 Å². The van der Waals surface area contributed by atoms with E-state index in [4.69, 9.17) is 10.5 Å². The number of fused-ring (bicyclic) bond motifs is 1. The van der Waals surface area contributed by atoms with Gasteiger partial charge < -0.3 is 15.6 Å². The Balaban J connectivity index is 1.68. The fraction of sp³-hybridized carbons (Fsp3) is 0.182. The lowest BCUT2D eigenvalue weighted by Gasteiger charge is -2.08. The first-order chi connectivity index (χ1) is 13.8. The van der Waals surface area contributed by atoms with Gasteiger partial charge in [0.1, 0.15) is 24.2 Å². The third kappa shape index (κ3) is 3.68. The zero-order chi connectivity index (χ0) is 19.3. The van der Waals surface area contributed by atoms with Gasteiger partial charge in [-0.1, -0.05) is 42.5 Å². The smallest absolute Gasteiger partial charge is 0.151 e. The van der Waals surface area contributed by atoms with Crippen molar-refractivity contribution in [2.45, 2.75) is 19.4 Å². The lowest BCUT2D eigenvalue weighted by atomic mass is 10.1. The highest BCUT2D eigenvalue weighted by Crippen LogP contribution is 2.32. The van der Waals surface area contributed by atoms with Crippen molar-refractivity contribution in [2.75, 3.05) is 12.3 Å². The summed E-state index contributed by atoms with van der Waals surface area (Å²) in [6.45, 7) is 0.639. The molecular weight excluding hydrogens is 352 g/mol. The predicted molar refractivity (Wildman–Crippen MR) is 109 cm³/mol. The van der Waals surface area contributed by atoms with Crippen LogP contribution in [0.1, 0.15) is 17.7 Å². The molecule has 0 spiro atoms. The van der Waals surface area contributed by atoms with Crippen LogP contribution in [-0.2, 0) is 13.0 Å². The Morgan fingerprint density at radius 1 is 1.04 bits per heavy atom. The Bertz CT molecular complexity index is 1080. The standard InChI is InChI=1S/C22H22N4O2/c23-22-21-20(13-18(9-5-11-27)26(21)25-15-24-22)17-8-4-10-19(12-17)28-14-16-6-2-1-3-7-16/h1-4,6-8,10,12-13,15,27H,5,9,11,14H2,(H2,23,24,25). The fourth-order valence-corrected chi connectivity index (χ4v) is 3.29. The summed E-state index contributed by atoms with van der Waals surface area (Å²) in [5, 5.41) is 13.5. The van der Waals surface area contributed by atoms with Gasteiger partial charge in [0.2, 0.25) is 0 Å². The molecule has 4 rings (SSSR count). The molecule has 0 saturated heterocycles. The summed E-state index contributed by atoms with van der Waals surface area (Å²) in [7, 11) is 0. The van der Waals surface area contributed by atoms with E-state index in [1.165, 1.54) is 6.33 Å². The molecular formula is C22H22N4O2. The molecule has 6 heteroatoms. The number of benzene rings is 2. The first kappa shape index (κ1) is 18.0. The first-order valence-corrected chi connectivity index (χ1v) is 9.25. The van der Waals surface area contributed by atoms with E-state index in [1.54, 1.807) is 0 Å². The Labute approximate surface area is 163 Å². The van der Waals surface area contributed by atoms with E-state index in [2.05, 4.69) is 16.1 Å². The average Bonchev–Trinajstić information content (AvgIpc) is 3.12. The van der Waals surface area contributed by atoms with E-state index >= 15 is 0 Å². The van der Waals surface area contributed by atoms with Gasteiger partial charge in [-0.2, -0.15) is 5.10 Å². The van der Waals surface area contributed by atoms with Crippen molar-refractivity contribution in [2.24, 2.45) is 0 Å². The molecule has 28 heavy (non-hydrogen) atoms. The number of anilines is 1. The second-order valence-corrected chi connectivity index (χ2v) is 6.58. The molecule has 3 N–H and O–H groups in total. The monoisotopic (exact) mass is 374 g/mol. The largest absolute Gasteiger partial charge is 0.489 e. The molecule has 6 nitrogen and oxygen atoms in total. The molecule has 142 valence electrons. The highest BCUT2D eigenvalue weighted by Gasteiger charge is 2.15. The summed E-state index contributed by atoms with van der Waals surface area (Å²) in [6.07, 6.45) is 2.82. The molecule has 0 aliphatic heterocycles. The van der Waals surface area contributed by atoms with E-state index in [0.717, 1.165) is 33.7 Å². The van der Waals surface area contributed by atoms with Crippen LogP contribution < -0.4 is 10.5 Å². The van der Waals surface area contributed by atoms with Crippen LogP contribution in [-0.4, -0.2) is 26.3 Å². The van der Waals surface area contributed by atoms with Gasteiger partial charge in [0, 0.05) is 17.9 Å². The minimum absolute atomic E-state index is 0.131. The number of ether oxygens (including phenoxy) is 1. The quantitative estimate of drug-likeness (QED) is 0.517. The average molecular weight is 374 g/mol. The maximum absolute atomic E-state index is 9.18. The van der Waals surface area contributed by atoms with Crippen LogP contribution in [0.4, 0.5) is 5.82 Å². The Morgan fingerprint density at radius 3 is 2.71 bits per heavy atom. The molecule has 0 amide bonds. The van der Waals surface area contributed by atoms with Gasteiger partial charge in [-0.3, -0.25) is 0 Å². The molecule has 4 aromatic rings. The van der Waals surface area contributed by atoms with Crippen LogP contribution in [0, 0.1) is 0 Å². The van der Waals surface area contributed by atoms with Crippen molar-refractivity contribution < 1.29 is 9.84 Å². The van der Waals surface area contributed by atoms with Crippen molar-refractivity contribution >= 4 is 11.3 Å². The second kappa shape index (κ2) is 8.10. The molecule has 2 heterocycles. The van der Waals surface area contributed by atoms with Gasteiger partial charge in [-0.15, -0.1) is 0 Å². The summed E-state index contributed by atoms with van der Waals surface area (Å²) in [5.74, 6) is 1.21. The third-order valence-electron chi connectivity index (χ3n) is 4.64. The van der Waals surface area contributed by atoms with E-state index < -0.39 is 0 Å². The van der Waals surface area contributed by atoms with E-state index in [1.807, 2.05) is 59.1 Å². The van der Waals surface area contributed by atoms with Crippen LogP contribution in [0.25, 0.3) is 16.6 Å². The lowest BCUT2D eigenvalue weighted by molar-refractivity contribution is 0.288. The minimum atomic E-state index is 0.131. The summed E-state index contributed by atoms with van der Waals surface area (Å²) in [5.41, 5.74) is 11.0. The highest BCUT2D eigenvalue weighted by atomic mass is 16.5. The SMILES string of the molecule is Nc1ncnn2c(CCCO)cc(-c3cccc(OCc4ccccc4)c3)c12. The number of aliphatic hydroxyl groups excluding tert-OH is 1. The van der Waals surface area contributed by atoms with Gasteiger partial charge in [0.05, 0.1) is 0 Å². The van der Waals surface area contributed by atoms with Crippen LogP contribution in [0.3, 0.4) is 0 Å². The predicted octanol–water partition coefficient (Wildman–Crippen LogP) is 3.48. The minimum Gasteiger partial charge on any atom is -0.489 e. The molecule has 2 aromatic heterocycles. The summed E-state index contributed by atoms with van der Waals surface area (Å²) >= 11 is 0. The molecule has 0 aliphatic rings. The Morgan fingerprint density at radius 2 is 1.89 bits per heavy atom. The summed E-state index contributed by atoms with van der Waals surface area (Å²) < 4.78 is 7.78. The topological polar surface area (TPSA) is 85.7 Å². The van der Waals surface area contributed by atoms with Gasteiger partial charge >= 0.3 is 0 Å². The normalized spacial score (nSPS) is 11.0. The molecule has 0 fully saturated rings. The van der Waals surface area contributed by atoms with Gasteiger partial charge in [-0.25, -0.2) is 9.50 Å². The number of hydrogen-bond donors (Lipinski definition) is 2. The molecule has 0 saturated carbocycles. The van der Waals surface area contributed by atoms with Crippen LogP contribution >= 0.6 is 0 Å². The molecule has 0 aliphatic carbocycles. The number of aromatic nitrogens is 3. The van der Waals surface area contributed by atoms with E-state index in [-0.39, 0.29) is 6.61 Å². The summed E-state index contributed by atoms with van der Waals surface area (Å²) in [4.78, 5) is 4.15.